The Hall–Kier alpha value is -2.38. The summed E-state index contributed by atoms with van der Waals surface area (Å²) in [5.41, 5.74) is 1.78. The van der Waals surface area contributed by atoms with Crippen molar-refractivity contribution in [2.75, 3.05) is 13.6 Å². The third-order valence-electron chi connectivity index (χ3n) is 4.52. The van der Waals surface area contributed by atoms with Gasteiger partial charge in [0.15, 0.2) is 0 Å². The molecule has 156 valence electrons. The summed E-state index contributed by atoms with van der Waals surface area (Å²) in [5, 5.41) is 3.21. The molecule has 1 N–H and O–H groups in total. The molecule has 3 aromatic carbocycles. The Morgan fingerprint density at radius 1 is 0.933 bits per heavy atom. The fourth-order valence-electron chi connectivity index (χ4n) is 2.99. The van der Waals surface area contributed by atoms with Crippen LogP contribution in [0.2, 0.25) is 10.0 Å². The molecule has 0 fully saturated rings. The highest BCUT2D eigenvalue weighted by Crippen LogP contribution is 2.27. The maximum atomic E-state index is 12.9. The Morgan fingerprint density at radius 2 is 1.47 bits per heavy atom. The summed E-state index contributed by atoms with van der Waals surface area (Å²) in [4.78, 5) is 12.6. The molecule has 5 nitrogen and oxygen atoms in total. The quantitative estimate of drug-likeness (QED) is 0.561. The average molecular weight is 463 g/mol. The summed E-state index contributed by atoms with van der Waals surface area (Å²) in [6, 6.07) is 22.7. The molecule has 0 aliphatic heterocycles. The zero-order valence-corrected chi connectivity index (χ0v) is 18.5. The van der Waals surface area contributed by atoms with Crippen LogP contribution in [0, 0.1) is 0 Å². The maximum Gasteiger partial charge on any atom is 0.244 e. The Labute approximate surface area is 186 Å². The third kappa shape index (κ3) is 5.21. The highest BCUT2D eigenvalue weighted by molar-refractivity contribution is 7.89. The number of nitrogens with one attached hydrogen (secondary N) is 1. The minimum absolute atomic E-state index is 0.0399. The third-order valence-corrected chi connectivity index (χ3v) is 7.04. The molecule has 0 saturated carbocycles. The van der Waals surface area contributed by atoms with Crippen molar-refractivity contribution >= 4 is 39.1 Å². The fourth-order valence-corrected chi connectivity index (χ4v) is 4.85. The van der Waals surface area contributed by atoms with Gasteiger partial charge >= 0.3 is 0 Å². The van der Waals surface area contributed by atoms with E-state index in [1.54, 1.807) is 0 Å². The van der Waals surface area contributed by atoms with E-state index in [-0.39, 0.29) is 21.5 Å². The molecule has 0 bridgehead atoms. The summed E-state index contributed by atoms with van der Waals surface area (Å²) < 4.78 is 26.7. The molecule has 0 aliphatic carbocycles. The second-order valence-electron chi connectivity index (χ2n) is 6.66. The van der Waals surface area contributed by atoms with Crippen LogP contribution in [0.5, 0.6) is 0 Å². The van der Waals surface area contributed by atoms with Crippen molar-refractivity contribution in [1.29, 1.82) is 0 Å². The van der Waals surface area contributed by atoms with Crippen LogP contribution in [0.3, 0.4) is 0 Å². The van der Waals surface area contributed by atoms with Gasteiger partial charge in [-0.15, -0.1) is 0 Å². The van der Waals surface area contributed by atoms with Crippen LogP contribution in [-0.4, -0.2) is 32.2 Å². The van der Waals surface area contributed by atoms with E-state index in [4.69, 9.17) is 23.2 Å². The highest BCUT2D eigenvalue weighted by atomic mass is 35.5. The van der Waals surface area contributed by atoms with Gasteiger partial charge < -0.3 is 5.32 Å². The summed E-state index contributed by atoms with van der Waals surface area (Å²) in [6.45, 7) is -0.374. The van der Waals surface area contributed by atoms with Crippen LogP contribution in [-0.2, 0) is 14.8 Å². The first-order valence-corrected chi connectivity index (χ1v) is 11.3. The standard InChI is InChI=1S/C22H20Cl2N2O3S/c1-26(30(28,29)20-14-18(23)12-13-19(20)24)15-21(27)25-22(16-8-4-2-5-9-16)17-10-6-3-7-11-17/h2-14,22H,15H2,1H3,(H,25,27). The van der Waals surface area contributed by atoms with E-state index in [1.807, 2.05) is 60.7 Å². The molecular weight excluding hydrogens is 443 g/mol. The van der Waals surface area contributed by atoms with Crippen molar-refractivity contribution in [3.05, 3.63) is 100 Å². The van der Waals surface area contributed by atoms with Gasteiger partial charge in [0.25, 0.3) is 0 Å². The van der Waals surface area contributed by atoms with Crippen LogP contribution in [0.15, 0.2) is 83.8 Å². The predicted molar refractivity (Wildman–Crippen MR) is 119 cm³/mol. The smallest absolute Gasteiger partial charge is 0.244 e. The summed E-state index contributed by atoms with van der Waals surface area (Å²) in [5.74, 6) is -0.447. The minimum Gasteiger partial charge on any atom is -0.344 e. The van der Waals surface area contributed by atoms with E-state index < -0.39 is 22.0 Å². The lowest BCUT2D eigenvalue weighted by molar-refractivity contribution is -0.121. The molecule has 0 aromatic heterocycles. The molecule has 0 atom stereocenters. The van der Waals surface area contributed by atoms with Crippen molar-refractivity contribution in [3.63, 3.8) is 0 Å². The largest absolute Gasteiger partial charge is 0.344 e. The Kier molecular flexibility index (Phi) is 7.15. The monoisotopic (exact) mass is 462 g/mol. The van der Waals surface area contributed by atoms with E-state index >= 15 is 0 Å². The molecule has 1 amide bonds. The van der Waals surface area contributed by atoms with Crippen molar-refractivity contribution in [2.24, 2.45) is 0 Å². The predicted octanol–water partition coefficient (Wildman–Crippen LogP) is 4.52. The number of likely N-dealkylation sites (N-methyl/N-ethyl adjacent to an activating group) is 1. The number of rotatable bonds is 7. The highest BCUT2D eigenvalue weighted by Gasteiger charge is 2.27. The molecule has 0 spiro atoms. The van der Waals surface area contributed by atoms with Gasteiger partial charge in [-0.05, 0) is 29.3 Å². The van der Waals surface area contributed by atoms with Crippen LogP contribution >= 0.6 is 23.2 Å². The van der Waals surface area contributed by atoms with E-state index in [0.717, 1.165) is 15.4 Å². The molecule has 30 heavy (non-hydrogen) atoms. The summed E-state index contributed by atoms with van der Waals surface area (Å²) in [7, 11) is -2.67. The van der Waals surface area contributed by atoms with E-state index in [9.17, 15) is 13.2 Å². The van der Waals surface area contributed by atoms with Gasteiger partial charge in [0.05, 0.1) is 17.6 Å². The SMILES string of the molecule is CN(CC(=O)NC(c1ccccc1)c1ccccc1)S(=O)(=O)c1cc(Cl)ccc1Cl. The molecule has 0 saturated heterocycles. The van der Waals surface area contributed by atoms with Crippen molar-refractivity contribution in [2.45, 2.75) is 10.9 Å². The lowest BCUT2D eigenvalue weighted by Crippen LogP contribution is -2.40. The number of hydrogen-bond donors (Lipinski definition) is 1. The summed E-state index contributed by atoms with van der Waals surface area (Å²) >= 11 is 12.0. The number of halogens is 2. The van der Waals surface area contributed by atoms with E-state index in [2.05, 4.69) is 5.32 Å². The maximum absolute atomic E-state index is 12.9. The van der Waals surface area contributed by atoms with Gasteiger partial charge in [-0.1, -0.05) is 83.9 Å². The van der Waals surface area contributed by atoms with Gasteiger partial charge in [0, 0.05) is 12.1 Å². The molecule has 3 aromatic rings. The summed E-state index contributed by atoms with van der Waals surface area (Å²) in [6.07, 6.45) is 0. The molecule has 0 radical (unpaired) electrons. The molecular formula is C22H20Cl2N2O3S. The van der Waals surface area contributed by atoms with Crippen LogP contribution in [0.4, 0.5) is 0 Å². The van der Waals surface area contributed by atoms with Crippen LogP contribution in [0.25, 0.3) is 0 Å². The minimum atomic E-state index is -4.00. The first-order chi connectivity index (χ1) is 14.3. The lowest BCUT2D eigenvalue weighted by Gasteiger charge is -2.22. The Bertz CT molecular complexity index is 1080. The second kappa shape index (κ2) is 9.62. The number of carbonyl (C=O) groups is 1. The Balaban J connectivity index is 1.81. The van der Waals surface area contributed by atoms with Gasteiger partial charge in [-0.3, -0.25) is 4.79 Å². The first kappa shape index (κ1) is 22.3. The average Bonchev–Trinajstić information content (AvgIpc) is 2.74. The van der Waals surface area contributed by atoms with Gasteiger partial charge in [-0.2, -0.15) is 4.31 Å². The van der Waals surface area contributed by atoms with Crippen molar-refractivity contribution in [3.8, 4) is 0 Å². The van der Waals surface area contributed by atoms with Gasteiger partial charge in [0.2, 0.25) is 15.9 Å². The fraction of sp³-hybridized carbons (Fsp3) is 0.136. The number of benzene rings is 3. The molecule has 8 heteroatoms. The number of sulfonamides is 1. The van der Waals surface area contributed by atoms with Crippen molar-refractivity contribution in [1.82, 2.24) is 9.62 Å². The molecule has 0 aliphatic rings. The Morgan fingerprint density at radius 3 is 2.00 bits per heavy atom. The number of hydrogen-bond acceptors (Lipinski definition) is 3. The molecule has 0 heterocycles. The van der Waals surface area contributed by atoms with Crippen molar-refractivity contribution < 1.29 is 13.2 Å². The molecule has 3 rings (SSSR count). The zero-order valence-electron chi connectivity index (χ0n) is 16.1. The topological polar surface area (TPSA) is 66.5 Å². The number of nitrogens with zero attached hydrogens (tertiary/aromatic N) is 1. The van der Waals surface area contributed by atoms with Crippen LogP contribution < -0.4 is 5.32 Å². The van der Waals surface area contributed by atoms with Gasteiger partial charge in [0.1, 0.15) is 4.90 Å². The number of carbonyl (C=O) groups excluding carboxylic acids is 1. The lowest BCUT2D eigenvalue weighted by atomic mass is 9.99. The molecule has 0 unspecified atom stereocenters. The van der Waals surface area contributed by atoms with E-state index in [0.29, 0.717) is 0 Å². The zero-order chi connectivity index (χ0) is 21.7. The normalized spacial score (nSPS) is 11.6. The first-order valence-electron chi connectivity index (χ1n) is 9.09. The number of amides is 1. The van der Waals surface area contributed by atoms with Gasteiger partial charge in [-0.25, -0.2) is 8.42 Å². The second-order valence-corrected chi connectivity index (χ2v) is 9.51. The van der Waals surface area contributed by atoms with Crippen LogP contribution in [0.1, 0.15) is 17.2 Å². The van der Waals surface area contributed by atoms with E-state index in [1.165, 1.54) is 25.2 Å².